The van der Waals surface area contributed by atoms with E-state index in [1.54, 1.807) is 0 Å². The minimum atomic E-state index is 0.764. The van der Waals surface area contributed by atoms with E-state index < -0.39 is 0 Å². The Labute approximate surface area is 415 Å². The van der Waals surface area contributed by atoms with Crippen LogP contribution in [0.4, 0.5) is 34.1 Å². The van der Waals surface area contributed by atoms with Crippen LogP contribution >= 0.6 is 0 Å². The van der Waals surface area contributed by atoms with Gasteiger partial charge in [0.25, 0.3) is 0 Å². The molecule has 0 amide bonds. The Morgan fingerprint density at radius 2 is 0.397 bits per heavy atom. The first-order valence-corrected chi connectivity index (χ1v) is 27.4. The number of rotatable bonds is 32. The fraction of sp³-hybridized carbons (Fsp3) is 0.516. The molecule has 6 heteroatoms. The molecule has 68 heavy (non-hydrogen) atoms. The molecule has 370 valence electrons. The van der Waals surface area contributed by atoms with E-state index in [1.807, 2.05) is 0 Å². The standard InChI is InChI=1S/C62H92N6/c1-9-17-41-65(42-18-10-2)53-33-25-49(26-34-53)57-58(50-27-35-54(36-28-50)66(43-19-11-3)44-20-12-4)62(64)60(52-31-39-56(40-32-52)68(47-23-15-7)48-24-16-8)59(61(57)63)51-29-37-55(38-30-51)67(45-21-13-5)46-22-14-6/h25-40H,9-24,41-48,63-64H2,1-8H3. The summed E-state index contributed by atoms with van der Waals surface area (Å²) in [6, 6.07) is 36.9. The number of hydrogen-bond acceptors (Lipinski definition) is 6. The highest BCUT2D eigenvalue weighted by Crippen LogP contribution is 2.52. The Morgan fingerprint density at radius 3 is 0.529 bits per heavy atom. The van der Waals surface area contributed by atoms with Crippen LogP contribution < -0.4 is 31.1 Å². The summed E-state index contributed by atoms with van der Waals surface area (Å²) in [5, 5.41) is 0. The summed E-state index contributed by atoms with van der Waals surface area (Å²) in [6.07, 6.45) is 18.9. The van der Waals surface area contributed by atoms with Gasteiger partial charge in [0.15, 0.2) is 0 Å². The third-order valence-corrected chi connectivity index (χ3v) is 13.9. The molecule has 0 unspecified atom stereocenters. The van der Waals surface area contributed by atoms with Gasteiger partial charge in [-0.25, -0.2) is 0 Å². The van der Waals surface area contributed by atoms with Gasteiger partial charge in [0.2, 0.25) is 0 Å². The summed E-state index contributed by atoms with van der Waals surface area (Å²) in [4.78, 5) is 10.2. The number of anilines is 6. The van der Waals surface area contributed by atoms with E-state index in [0.29, 0.717) is 0 Å². The van der Waals surface area contributed by atoms with Gasteiger partial charge in [0.1, 0.15) is 0 Å². The van der Waals surface area contributed by atoms with Crippen LogP contribution in [0.2, 0.25) is 0 Å². The second kappa shape index (κ2) is 29.0. The molecular weight excluding hydrogens is 829 g/mol. The summed E-state index contributed by atoms with van der Waals surface area (Å²) in [6.45, 7) is 26.8. The number of nitrogens with zero attached hydrogens (tertiary/aromatic N) is 4. The summed E-state index contributed by atoms with van der Waals surface area (Å²) >= 11 is 0. The zero-order valence-corrected chi connectivity index (χ0v) is 44.2. The van der Waals surface area contributed by atoms with Crippen molar-refractivity contribution in [2.45, 2.75) is 158 Å². The summed E-state index contributed by atoms with van der Waals surface area (Å²) in [5.41, 5.74) is 30.6. The molecule has 5 aromatic carbocycles. The van der Waals surface area contributed by atoms with Crippen LogP contribution in [-0.4, -0.2) is 52.4 Å². The zero-order valence-electron chi connectivity index (χ0n) is 44.2. The van der Waals surface area contributed by atoms with Crippen LogP contribution in [0.1, 0.15) is 158 Å². The quantitative estimate of drug-likeness (QED) is 0.0419. The lowest BCUT2D eigenvalue weighted by molar-refractivity contribution is 0.678. The second-order valence-electron chi connectivity index (χ2n) is 19.3. The van der Waals surface area contributed by atoms with Crippen molar-refractivity contribution in [3.8, 4) is 44.5 Å². The SMILES string of the molecule is CCCCN(CCCC)c1ccc(-c2c(N)c(-c3ccc(N(CCCC)CCCC)cc3)c(-c3ccc(N(CCCC)CCCC)cc3)c(N)c2-c2ccc(N(CCCC)CCCC)cc2)cc1. The molecule has 0 fully saturated rings. The van der Waals surface area contributed by atoms with E-state index in [0.717, 1.165) is 108 Å². The van der Waals surface area contributed by atoms with E-state index in [-0.39, 0.29) is 0 Å². The van der Waals surface area contributed by atoms with Crippen LogP contribution in [-0.2, 0) is 0 Å². The third-order valence-electron chi connectivity index (χ3n) is 13.9. The van der Waals surface area contributed by atoms with E-state index in [1.165, 1.54) is 125 Å². The molecule has 0 bridgehead atoms. The third kappa shape index (κ3) is 14.5. The molecular formula is C62H92N6. The number of unbranched alkanes of at least 4 members (excludes halogenated alkanes) is 8. The highest BCUT2D eigenvalue weighted by Gasteiger charge is 2.26. The number of hydrogen-bond donors (Lipinski definition) is 2. The predicted octanol–water partition coefficient (Wildman–Crippen LogP) is 17.1. The Morgan fingerprint density at radius 1 is 0.250 bits per heavy atom. The topological polar surface area (TPSA) is 65.0 Å². The minimum Gasteiger partial charge on any atom is -0.398 e. The van der Waals surface area contributed by atoms with Crippen molar-refractivity contribution >= 4 is 34.1 Å². The molecule has 0 saturated carbocycles. The number of benzene rings is 5. The lowest BCUT2D eigenvalue weighted by Crippen LogP contribution is -2.25. The molecule has 4 N–H and O–H groups in total. The van der Waals surface area contributed by atoms with Gasteiger partial charge in [-0.05, 0) is 122 Å². The van der Waals surface area contributed by atoms with Crippen molar-refractivity contribution in [3.05, 3.63) is 97.1 Å². The highest BCUT2D eigenvalue weighted by molar-refractivity contribution is 6.12. The van der Waals surface area contributed by atoms with Crippen LogP contribution in [0.25, 0.3) is 44.5 Å². The second-order valence-corrected chi connectivity index (χ2v) is 19.3. The van der Waals surface area contributed by atoms with Gasteiger partial charge in [-0.15, -0.1) is 0 Å². The van der Waals surface area contributed by atoms with E-state index in [2.05, 4.69) is 172 Å². The van der Waals surface area contributed by atoms with E-state index >= 15 is 0 Å². The highest BCUT2D eigenvalue weighted by atomic mass is 15.1. The molecule has 0 aliphatic heterocycles. The van der Waals surface area contributed by atoms with Gasteiger partial charge < -0.3 is 31.1 Å². The van der Waals surface area contributed by atoms with Gasteiger partial charge in [0, 0.05) is 109 Å². The van der Waals surface area contributed by atoms with Crippen molar-refractivity contribution in [1.29, 1.82) is 0 Å². The maximum Gasteiger partial charge on any atom is 0.0487 e. The van der Waals surface area contributed by atoms with Crippen molar-refractivity contribution in [1.82, 2.24) is 0 Å². The van der Waals surface area contributed by atoms with Gasteiger partial charge in [-0.1, -0.05) is 155 Å². The van der Waals surface area contributed by atoms with Gasteiger partial charge in [-0.2, -0.15) is 0 Å². The normalized spacial score (nSPS) is 11.3. The molecule has 0 radical (unpaired) electrons. The molecule has 0 saturated heterocycles. The molecule has 0 heterocycles. The maximum atomic E-state index is 7.83. The zero-order chi connectivity index (χ0) is 48.7. The summed E-state index contributed by atoms with van der Waals surface area (Å²) < 4.78 is 0. The first-order chi connectivity index (χ1) is 33.3. The Balaban J connectivity index is 1.79. The van der Waals surface area contributed by atoms with Gasteiger partial charge in [0.05, 0.1) is 0 Å². The molecule has 0 aromatic heterocycles. The Hall–Kier alpha value is -5.10. The lowest BCUT2D eigenvalue weighted by Gasteiger charge is -2.28. The first kappa shape index (κ1) is 53.8. The molecule has 6 nitrogen and oxygen atoms in total. The van der Waals surface area contributed by atoms with Crippen molar-refractivity contribution in [3.63, 3.8) is 0 Å². The minimum absolute atomic E-state index is 0.764. The largest absolute Gasteiger partial charge is 0.398 e. The Kier molecular flexibility index (Phi) is 23.0. The maximum absolute atomic E-state index is 7.83. The van der Waals surface area contributed by atoms with Crippen LogP contribution in [0, 0.1) is 0 Å². The Bertz CT molecular complexity index is 1820. The van der Waals surface area contributed by atoms with Crippen LogP contribution in [0.5, 0.6) is 0 Å². The van der Waals surface area contributed by atoms with E-state index in [9.17, 15) is 0 Å². The lowest BCUT2D eigenvalue weighted by atomic mass is 9.82. The fourth-order valence-electron chi connectivity index (χ4n) is 9.62. The van der Waals surface area contributed by atoms with Crippen LogP contribution in [0.3, 0.4) is 0 Å². The van der Waals surface area contributed by atoms with Crippen molar-refractivity contribution in [2.75, 3.05) is 83.4 Å². The molecule has 5 aromatic rings. The number of nitrogen functional groups attached to an aromatic ring is 2. The van der Waals surface area contributed by atoms with Crippen LogP contribution in [0.15, 0.2) is 97.1 Å². The number of nitrogens with two attached hydrogens (primary N) is 2. The van der Waals surface area contributed by atoms with Crippen molar-refractivity contribution in [2.24, 2.45) is 0 Å². The van der Waals surface area contributed by atoms with Gasteiger partial charge in [-0.3, -0.25) is 0 Å². The molecule has 0 spiro atoms. The van der Waals surface area contributed by atoms with Crippen molar-refractivity contribution < 1.29 is 0 Å². The average Bonchev–Trinajstić information content (AvgIpc) is 3.37. The van der Waals surface area contributed by atoms with E-state index in [4.69, 9.17) is 11.5 Å². The first-order valence-electron chi connectivity index (χ1n) is 27.4. The smallest absolute Gasteiger partial charge is 0.0487 e. The summed E-state index contributed by atoms with van der Waals surface area (Å²) in [5.74, 6) is 0. The molecule has 0 atom stereocenters. The average molecular weight is 921 g/mol. The van der Waals surface area contributed by atoms with Gasteiger partial charge >= 0.3 is 0 Å². The summed E-state index contributed by atoms with van der Waals surface area (Å²) in [7, 11) is 0. The molecule has 0 aliphatic rings. The molecule has 5 rings (SSSR count). The monoisotopic (exact) mass is 921 g/mol. The molecule has 0 aliphatic carbocycles. The predicted molar refractivity (Wildman–Crippen MR) is 305 cm³/mol. The fourth-order valence-corrected chi connectivity index (χ4v) is 9.62.